The van der Waals surface area contributed by atoms with Crippen LogP contribution in [0.2, 0.25) is 0 Å². The number of carbonyl (C=O) groups excluding carboxylic acids is 1. The van der Waals surface area contributed by atoms with Crippen LogP contribution in [0.3, 0.4) is 0 Å². The lowest BCUT2D eigenvalue weighted by atomic mass is 10.1. The molecule has 0 radical (unpaired) electrons. The molecule has 0 aliphatic carbocycles. The minimum atomic E-state index is -0.116. The second-order valence-corrected chi connectivity index (χ2v) is 6.82. The van der Waals surface area contributed by atoms with E-state index >= 15 is 0 Å². The third kappa shape index (κ3) is 5.22. The monoisotopic (exact) mass is 407 g/mol. The van der Waals surface area contributed by atoms with Gasteiger partial charge in [0.15, 0.2) is 17.3 Å². The number of carbonyl (C=O) groups is 1. The molecule has 1 amide bonds. The van der Waals surface area contributed by atoms with Gasteiger partial charge >= 0.3 is 0 Å². The van der Waals surface area contributed by atoms with Crippen LogP contribution in [0.4, 0.5) is 5.82 Å². The predicted molar refractivity (Wildman–Crippen MR) is 115 cm³/mol. The molecule has 0 saturated heterocycles. The topological polar surface area (TPSA) is 89.5 Å². The normalized spacial score (nSPS) is 10.4. The molecule has 0 bridgehead atoms. The zero-order chi connectivity index (χ0) is 21.5. The lowest BCUT2D eigenvalue weighted by Crippen LogP contribution is -2.25. The van der Waals surface area contributed by atoms with Crippen molar-refractivity contribution in [3.8, 4) is 22.9 Å². The Morgan fingerprint density at radius 3 is 2.53 bits per heavy atom. The Kier molecular flexibility index (Phi) is 6.79. The summed E-state index contributed by atoms with van der Waals surface area (Å²) in [6, 6.07) is 11.0. The molecule has 8 nitrogen and oxygen atoms in total. The fraction of sp³-hybridized carbons (Fsp3) is 0.273. The van der Waals surface area contributed by atoms with Gasteiger partial charge in [0, 0.05) is 38.1 Å². The van der Waals surface area contributed by atoms with E-state index in [-0.39, 0.29) is 12.3 Å². The van der Waals surface area contributed by atoms with E-state index in [0.29, 0.717) is 29.6 Å². The average molecular weight is 407 g/mol. The van der Waals surface area contributed by atoms with Crippen LogP contribution in [0.1, 0.15) is 11.3 Å². The van der Waals surface area contributed by atoms with Crippen LogP contribution in [-0.4, -0.2) is 49.2 Å². The Bertz CT molecular complexity index is 1010. The van der Waals surface area contributed by atoms with Crippen LogP contribution >= 0.6 is 0 Å². The average Bonchev–Trinajstić information content (AvgIpc) is 2.78. The number of rotatable bonds is 8. The molecule has 1 N–H and O–H groups in total. The molecule has 0 fully saturated rings. The van der Waals surface area contributed by atoms with Crippen LogP contribution in [0, 0.1) is 0 Å². The van der Waals surface area contributed by atoms with E-state index in [1.165, 1.54) is 0 Å². The highest BCUT2D eigenvalue weighted by molar-refractivity contribution is 5.78. The Hall–Kier alpha value is -3.68. The Morgan fingerprint density at radius 1 is 1.07 bits per heavy atom. The molecule has 156 valence electrons. The van der Waals surface area contributed by atoms with Crippen molar-refractivity contribution in [2.24, 2.45) is 0 Å². The fourth-order valence-electron chi connectivity index (χ4n) is 2.85. The predicted octanol–water partition coefficient (Wildman–Crippen LogP) is 2.48. The molecule has 0 aliphatic rings. The van der Waals surface area contributed by atoms with E-state index in [1.54, 1.807) is 38.7 Å². The van der Waals surface area contributed by atoms with Gasteiger partial charge in [-0.25, -0.2) is 9.97 Å². The molecule has 0 atom stereocenters. The van der Waals surface area contributed by atoms with E-state index in [0.717, 1.165) is 16.9 Å². The lowest BCUT2D eigenvalue weighted by Gasteiger charge is -2.15. The van der Waals surface area contributed by atoms with Crippen LogP contribution < -0.4 is 19.7 Å². The summed E-state index contributed by atoms with van der Waals surface area (Å²) in [5.74, 6) is 2.43. The highest BCUT2D eigenvalue weighted by atomic mass is 16.5. The van der Waals surface area contributed by atoms with E-state index in [9.17, 15) is 4.79 Å². The van der Waals surface area contributed by atoms with Gasteiger partial charge < -0.3 is 19.7 Å². The van der Waals surface area contributed by atoms with Gasteiger partial charge in [-0.3, -0.25) is 9.78 Å². The lowest BCUT2D eigenvalue weighted by molar-refractivity contribution is -0.120. The van der Waals surface area contributed by atoms with Gasteiger partial charge in [0.1, 0.15) is 5.82 Å². The van der Waals surface area contributed by atoms with Crippen LogP contribution in [0.5, 0.6) is 11.5 Å². The van der Waals surface area contributed by atoms with Crippen LogP contribution in [0.25, 0.3) is 11.4 Å². The smallest absolute Gasteiger partial charge is 0.224 e. The summed E-state index contributed by atoms with van der Waals surface area (Å²) in [4.78, 5) is 27.7. The zero-order valence-electron chi connectivity index (χ0n) is 17.5. The highest BCUT2D eigenvalue weighted by Crippen LogP contribution is 2.27. The van der Waals surface area contributed by atoms with Crippen molar-refractivity contribution in [3.63, 3.8) is 0 Å². The van der Waals surface area contributed by atoms with E-state index < -0.39 is 0 Å². The Balaban J connectivity index is 1.72. The summed E-state index contributed by atoms with van der Waals surface area (Å²) in [6.07, 6.45) is 3.64. The minimum absolute atomic E-state index is 0.116. The zero-order valence-corrected chi connectivity index (χ0v) is 17.5. The molecule has 8 heteroatoms. The maximum Gasteiger partial charge on any atom is 0.224 e. The largest absolute Gasteiger partial charge is 0.493 e. The van der Waals surface area contributed by atoms with Crippen molar-refractivity contribution in [1.82, 2.24) is 20.3 Å². The number of amides is 1. The molecule has 2 heterocycles. The minimum Gasteiger partial charge on any atom is -0.493 e. The summed E-state index contributed by atoms with van der Waals surface area (Å²) >= 11 is 0. The van der Waals surface area contributed by atoms with Crippen LogP contribution in [-0.2, 0) is 17.8 Å². The fourth-order valence-corrected chi connectivity index (χ4v) is 2.85. The maximum absolute atomic E-state index is 12.5. The van der Waals surface area contributed by atoms with E-state index in [2.05, 4.69) is 20.3 Å². The molecule has 0 aliphatic heterocycles. The number of hydrogen-bond donors (Lipinski definition) is 1. The van der Waals surface area contributed by atoms with Crippen molar-refractivity contribution < 1.29 is 14.3 Å². The molecule has 0 unspecified atom stereocenters. The number of hydrogen-bond acceptors (Lipinski definition) is 7. The standard InChI is InChI=1S/C22H25N5O3/c1-27(2)20-12-17(25-22(26-20)16-6-5-9-23-13-16)14-24-21(28)11-15-7-8-18(29-3)19(10-15)30-4/h5-10,12-13H,11,14H2,1-4H3,(H,24,28). The quantitative estimate of drug-likeness (QED) is 0.614. The number of nitrogens with zero attached hydrogens (tertiary/aromatic N) is 4. The summed E-state index contributed by atoms with van der Waals surface area (Å²) in [7, 11) is 6.97. The molecule has 3 rings (SSSR count). The number of methoxy groups -OCH3 is 2. The first-order valence-electron chi connectivity index (χ1n) is 9.43. The Morgan fingerprint density at radius 2 is 1.87 bits per heavy atom. The third-order valence-electron chi connectivity index (χ3n) is 4.42. The second kappa shape index (κ2) is 9.69. The molecular formula is C22H25N5O3. The van der Waals surface area contributed by atoms with Gasteiger partial charge in [-0.2, -0.15) is 0 Å². The van der Waals surface area contributed by atoms with Gasteiger partial charge in [-0.15, -0.1) is 0 Å². The van der Waals surface area contributed by atoms with E-state index in [4.69, 9.17) is 9.47 Å². The molecular weight excluding hydrogens is 382 g/mol. The number of pyridine rings is 1. The van der Waals surface area contributed by atoms with Crippen molar-refractivity contribution in [1.29, 1.82) is 0 Å². The highest BCUT2D eigenvalue weighted by Gasteiger charge is 2.11. The van der Waals surface area contributed by atoms with Gasteiger partial charge in [-0.05, 0) is 29.8 Å². The number of aromatic nitrogens is 3. The Labute approximate surface area is 175 Å². The summed E-state index contributed by atoms with van der Waals surface area (Å²) in [5.41, 5.74) is 2.37. The van der Waals surface area contributed by atoms with Gasteiger partial charge in [-0.1, -0.05) is 6.07 Å². The first-order chi connectivity index (χ1) is 14.5. The van der Waals surface area contributed by atoms with Gasteiger partial charge in [0.05, 0.1) is 32.9 Å². The van der Waals surface area contributed by atoms with Gasteiger partial charge in [0.25, 0.3) is 0 Å². The van der Waals surface area contributed by atoms with Gasteiger partial charge in [0.2, 0.25) is 5.91 Å². The summed E-state index contributed by atoms with van der Waals surface area (Å²) in [5, 5.41) is 2.92. The number of benzene rings is 1. The molecule has 0 spiro atoms. The number of ether oxygens (including phenoxy) is 2. The maximum atomic E-state index is 12.5. The van der Waals surface area contributed by atoms with Crippen molar-refractivity contribution in [2.45, 2.75) is 13.0 Å². The third-order valence-corrected chi connectivity index (χ3v) is 4.42. The first-order valence-corrected chi connectivity index (χ1v) is 9.43. The molecule has 1 aromatic carbocycles. The molecule has 2 aromatic heterocycles. The SMILES string of the molecule is COc1ccc(CC(=O)NCc2cc(N(C)C)nc(-c3cccnc3)n2)cc1OC. The van der Waals surface area contributed by atoms with Crippen molar-refractivity contribution in [2.75, 3.05) is 33.2 Å². The summed E-state index contributed by atoms with van der Waals surface area (Å²) < 4.78 is 10.5. The number of anilines is 1. The molecule has 0 saturated carbocycles. The second-order valence-electron chi connectivity index (χ2n) is 6.82. The number of nitrogens with one attached hydrogen (secondary N) is 1. The van der Waals surface area contributed by atoms with Crippen molar-refractivity contribution >= 4 is 11.7 Å². The molecule has 3 aromatic rings. The van der Waals surface area contributed by atoms with Crippen molar-refractivity contribution in [3.05, 3.63) is 60.0 Å². The first kappa shape index (κ1) is 21.0. The van der Waals surface area contributed by atoms with Crippen LogP contribution in [0.15, 0.2) is 48.8 Å². The summed E-state index contributed by atoms with van der Waals surface area (Å²) in [6.45, 7) is 0.294. The van der Waals surface area contributed by atoms with E-state index in [1.807, 2.05) is 43.3 Å². The molecule has 30 heavy (non-hydrogen) atoms.